The number of aryl methyl sites for hydroxylation is 2. The number of carbonyl (C=O) groups is 1. The Morgan fingerprint density at radius 2 is 2.00 bits per heavy atom. The Labute approximate surface area is 168 Å². The molecule has 0 saturated heterocycles. The summed E-state index contributed by atoms with van der Waals surface area (Å²) in [5.41, 5.74) is 3.82. The summed E-state index contributed by atoms with van der Waals surface area (Å²) in [7, 11) is 1.46. The molecule has 1 amide bonds. The number of alkyl halides is 2. The van der Waals surface area contributed by atoms with Crippen molar-refractivity contribution in [2.75, 3.05) is 13.7 Å². The molecule has 1 aliphatic carbocycles. The van der Waals surface area contributed by atoms with E-state index in [1.54, 1.807) is 18.2 Å². The van der Waals surface area contributed by atoms with Crippen molar-refractivity contribution in [3.8, 4) is 11.5 Å². The Bertz CT molecular complexity index is 912. The van der Waals surface area contributed by atoms with Crippen LogP contribution in [0.2, 0.25) is 0 Å². The molecule has 0 unspecified atom stereocenters. The molecule has 0 radical (unpaired) electrons. The second kappa shape index (κ2) is 9.41. The number of hydrogen-bond donors (Lipinski definition) is 2. The average molecular weight is 403 g/mol. The van der Waals surface area contributed by atoms with Crippen LogP contribution in [-0.4, -0.2) is 31.3 Å². The molecular weight excluding hydrogens is 380 g/mol. The van der Waals surface area contributed by atoms with E-state index < -0.39 is 12.5 Å². The van der Waals surface area contributed by atoms with E-state index in [0.29, 0.717) is 17.7 Å². The third kappa shape index (κ3) is 5.25. The van der Waals surface area contributed by atoms with Crippen LogP contribution in [0.4, 0.5) is 8.78 Å². The van der Waals surface area contributed by atoms with Crippen LogP contribution in [0, 0.1) is 0 Å². The van der Waals surface area contributed by atoms with E-state index in [9.17, 15) is 18.7 Å². The predicted molar refractivity (Wildman–Crippen MR) is 105 cm³/mol. The summed E-state index contributed by atoms with van der Waals surface area (Å²) >= 11 is 0. The van der Waals surface area contributed by atoms with E-state index in [1.807, 2.05) is 12.1 Å². The topological polar surface area (TPSA) is 67.8 Å². The lowest BCUT2D eigenvalue weighted by molar-refractivity contribution is -0.116. The SMILES string of the molecule is COc1cc(CCNC(=O)C(=COC(F)F)c2ccc3c(c2)CCC3)ccc1O. The molecule has 0 heterocycles. The summed E-state index contributed by atoms with van der Waals surface area (Å²) in [5, 5.41) is 12.4. The number of ether oxygens (including phenoxy) is 2. The van der Waals surface area contributed by atoms with Crippen LogP contribution in [0.1, 0.15) is 28.7 Å². The first-order valence-corrected chi connectivity index (χ1v) is 9.38. The lowest BCUT2D eigenvalue weighted by atomic mass is 10.0. The molecule has 3 rings (SSSR count). The average Bonchev–Trinajstić information content (AvgIpc) is 3.17. The predicted octanol–water partition coefficient (Wildman–Crippen LogP) is 3.83. The van der Waals surface area contributed by atoms with Gasteiger partial charge in [-0.05, 0) is 60.1 Å². The zero-order chi connectivity index (χ0) is 20.8. The lowest BCUT2D eigenvalue weighted by Crippen LogP contribution is -2.27. The van der Waals surface area contributed by atoms with E-state index in [2.05, 4.69) is 10.1 Å². The summed E-state index contributed by atoms with van der Waals surface area (Å²) in [6.07, 6.45) is 4.25. The minimum Gasteiger partial charge on any atom is -0.504 e. The highest BCUT2D eigenvalue weighted by Crippen LogP contribution is 2.27. The van der Waals surface area contributed by atoms with Gasteiger partial charge in [-0.1, -0.05) is 24.3 Å². The van der Waals surface area contributed by atoms with Crippen molar-refractivity contribution >= 4 is 11.5 Å². The Hall–Kier alpha value is -3.09. The molecule has 7 heteroatoms. The van der Waals surface area contributed by atoms with Crippen molar-refractivity contribution in [1.82, 2.24) is 5.32 Å². The third-order valence-corrected chi connectivity index (χ3v) is 4.89. The van der Waals surface area contributed by atoms with Crippen LogP contribution in [0.25, 0.3) is 5.57 Å². The second-order valence-corrected chi connectivity index (χ2v) is 6.78. The third-order valence-electron chi connectivity index (χ3n) is 4.89. The summed E-state index contributed by atoms with van der Waals surface area (Å²) in [4.78, 5) is 12.7. The van der Waals surface area contributed by atoms with Crippen LogP contribution < -0.4 is 10.1 Å². The summed E-state index contributed by atoms with van der Waals surface area (Å²) in [5.74, 6) is -0.113. The number of phenolic OH excluding ortho intramolecular Hbond substituents is 1. The fraction of sp³-hybridized carbons (Fsp3) is 0.318. The maximum absolute atomic E-state index is 12.7. The fourth-order valence-corrected chi connectivity index (χ4v) is 3.40. The smallest absolute Gasteiger partial charge is 0.386 e. The van der Waals surface area contributed by atoms with Crippen molar-refractivity contribution in [2.24, 2.45) is 0 Å². The Balaban J connectivity index is 1.69. The Morgan fingerprint density at radius 1 is 1.21 bits per heavy atom. The van der Waals surface area contributed by atoms with Crippen molar-refractivity contribution in [3.05, 3.63) is 64.9 Å². The molecule has 1 aliphatic rings. The van der Waals surface area contributed by atoms with E-state index in [0.717, 1.165) is 36.7 Å². The number of carbonyl (C=O) groups excluding carboxylic acids is 1. The number of nitrogens with one attached hydrogen (secondary N) is 1. The van der Waals surface area contributed by atoms with Crippen molar-refractivity contribution in [1.29, 1.82) is 0 Å². The van der Waals surface area contributed by atoms with E-state index in [1.165, 1.54) is 18.7 Å². The molecule has 2 aromatic rings. The van der Waals surface area contributed by atoms with Gasteiger partial charge in [-0.2, -0.15) is 8.78 Å². The summed E-state index contributed by atoms with van der Waals surface area (Å²) in [6.45, 7) is -2.72. The lowest BCUT2D eigenvalue weighted by Gasteiger charge is -2.12. The number of phenols is 1. The van der Waals surface area contributed by atoms with Gasteiger partial charge in [-0.3, -0.25) is 4.79 Å². The highest BCUT2D eigenvalue weighted by Gasteiger charge is 2.18. The minimum atomic E-state index is -3.00. The molecule has 2 aromatic carbocycles. The van der Waals surface area contributed by atoms with Gasteiger partial charge in [-0.15, -0.1) is 0 Å². The second-order valence-electron chi connectivity index (χ2n) is 6.78. The Kier molecular flexibility index (Phi) is 6.69. The van der Waals surface area contributed by atoms with Crippen molar-refractivity contribution in [3.63, 3.8) is 0 Å². The minimum absolute atomic E-state index is 0.0336. The molecular formula is C22H23F2NO4. The first kappa shape index (κ1) is 20.6. The maximum Gasteiger partial charge on any atom is 0.386 e. The molecule has 29 heavy (non-hydrogen) atoms. The van der Waals surface area contributed by atoms with Gasteiger partial charge in [-0.25, -0.2) is 0 Å². The summed E-state index contributed by atoms with van der Waals surface area (Å²) in [6, 6.07) is 10.5. The van der Waals surface area contributed by atoms with Gasteiger partial charge in [0.1, 0.15) is 6.26 Å². The highest BCUT2D eigenvalue weighted by molar-refractivity contribution is 6.19. The van der Waals surface area contributed by atoms with Crippen LogP contribution in [0.5, 0.6) is 11.5 Å². The number of benzene rings is 2. The van der Waals surface area contributed by atoms with E-state index in [4.69, 9.17) is 4.74 Å². The molecule has 0 bridgehead atoms. The van der Waals surface area contributed by atoms with Gasteiger partial charge < -0.3 is 19.9 Å². The summed E-state index contributed by atoms with van der Waals surface area (Å²) < 4.78 is 34.5. The number of halogens is 2. The van der Waals surface area contributed by atoms with Gasteiger partial charge in [0.2, 0.25) is 0 Å². The molecule has 0 saturated carbocycles. The van der Waals surface area contributed by atoms with Crippen LogP contribution >= 0.6 is 0 Å². The van der Waals surface area contributed by atoms with Gasteiger partial charge >= 0.3 is 6.61 Å². The highest BCUT2D eigenvalue weighted by atomic mass is 19.3. The molecule has 154 valence electrons. The first-order chi connectivity index (χ1) is 14.0. The molecule has 0 atom stereocenters. The number of methoxy groups -OCH3 is 1. The molecule has 0 spiro atoms. The first-order valence-electron chi connectivity index (χ1n) is 9.38. The molecule has 0 fully saturated rings. The normalized spacial score (nSPS) is 13.3. The van der Waals surface area contributed by atoms with Gasteiger partial charge in [0.25, 0.3) is 5.91 Å². The van der Waals surface area contributed by atoms with Crippen molar-refractivity contribution in [2.45, 2.75) is 32.3 Å². The molecule has 5 nitrogen and oxygen atoms in total. The van der Waals surface area contributed by atoms with Crippen LogP contribution in [0.15, 0.2) is 42.7 Å². The van der Waals surface area contributed by atoms with Crippen LogP contribution in [-0.2, 0) is 28.8 Å². The molecule has 0 aromatic heterocycles. The van der Waals surface area contributed by atoms with Crippen molar-refractivity contribution < 1.29 is 28.2 Å². The number of amides is 1. The zero-order valence-corrected chi connectivity index (χ0v) is 16.1. The number of fused-ring (bicyclic) bond motifs is 1. The Morgan fingerprint density at radius 3 is 2.76 bits per heavy atom. The van der Waals surface area contributed by atoms with Gasteiger partial charge in [0.05, 0.1) is 12.7 Å². The number of rotatable bonds is 8. The van der Waals surface area contributed by atoms with E-state index >= 15 is 0 Å². The van der Waals surface area contributed by atoms with E-state index in [-0.39, 0.29) is 17.9 Å². The number of aromatic hydroxyl groups is 1. The monoisotopic (exact) mass is 403 g/mol. The molecule has 0 aliphatic heterocycles. The number of hydrogen-bond acceptors (Lipinski definition) is 4. The standard InChI is InChI=1S/C22H23F2NO4/c1-28-20-11-14(5-8-19(20)26)9-10-25-21(27)18(13-29-22(23)24)17-7-6-15-3-2-4-16(15)12-17/h5-8,11-13,22,26H,2-4,9-10H2,1H3,(H,25,27). The molecule has 2 N–H and O–H groups in total. The van der Waals surface area contributed by atoms with Gasteiger partial charge in [0.15, 0.2) is 11.5 Å². The maximum atomic E-state index is 12.7. The largest absolute Gasteiger partial charge is 0.504 e. The van der Waals surface area contributed by atoms with Gasteiger partial charge in [0, 0.05) is 6.54 Å². The quantitative estimate of drug-likeness (QED) is 0.519. The van der Waals surface area contributed by atoms with Crippen LogP contribution in [0.3, 0.4) is 0 Å². The zero-order valence-electron chi connectivity index (χ0n) is 16.1. The fourth-order valence-electron chi connectivity index (χ4n) is 3.40.